The molecule has 19 heavy (non-hydrogen) atoms. The average molecular weight is 260 g/mol. The van der Waals surface area contributed by atoms with E-state index < -0.39 is 0 Å². The molecule has 0 spiro atoms. The lowest BCUT2D eigenvalue weighted by atomic mass is 10.0. The normalized spacial score (nSPS) is 21.3. The number of benzene rings is 1. The van der Waals surface area contributed by atoms with E-state index in [0.29, 0.717) is 5.56 Å². The minimum Gasteiger partial charge on any atom is -0.368 e. The molecule has 1 aromatic carbocycles. The van der Waals surface area contributed by atoms with Gasteiger partial charge in [-0.05, 0) is 33.2 Å². The molecule has 1 aliphatic heterocycles. The molecular weight excluding hydrogens is 240 g/mol. The fourth-order valence-corrected chi connectivity index (χ4v) is 2.67. The van der Waals surface area contributed by atoms with Gasteiger partial charge < -0.3 is 5.73 Å². The van der Waals surface area contributed by atoms with E-state index in [4.69, 9.17) is 5.73 Å². The molecule has 0 bridgehead atoms. The van der Waals surface area contributed by atoms with Crippen LogP contribution in [-0.2, 0) is 4.79 Å². The molecule has 4 heteroatoms. The first kappa shape index (κ1) is 13.7. The minimum absolute atomic E-state index is 0.0492. The maximum Gasteiger partial charge on any atom is 0.234 e. The number of carbonyl (C=O) groups is 2. The molecule has 1 aliphatic rings. The van der Waals surface area contributed by atoms with E-state index in [2.05, 4.69) is 0 Å². The summed E-state index contributed by atoms with van der Waals surface area (Å²) in [7, 11) is 0. The van der Waals surface area contributed by atoms with E-state index in [9.17, 15) is 9.59 Å². The fraction of sp³-hybridized carbons (Fsp3) is 0.467. The van der Waals surface area contributed by atoms with Crippen LogP contribution in [0.15, 0.2) is 24.3 Å². The van der Waals surface area contributed by atoms with Crippen LogP contribution in [0, 0.1) is 6.92 Å². The molecule has 1 amide bonds. The van der Waals surface area contributed by atoms with Gasteiger partial charge in [-0.25, -0.2) is 0 Å². The van der Waals surface area contributed by atoms with Gasteiger partial charge >= 0.3 is 0 Å². The molecule has 1 aromatic rings. The number of aryl methyl sites for hydroxylation is 1. The third kappa shape index (κ3) is 2.84. The smallest absolute Gasteiger partial charge is 0.234 e. The first-order chi connectivity index (χ1) is 9.00. The first-order valence-electron chi connectivity index (χ1n) is 6.66. The van der Waals surface area contributed by atoms with Gasteiger partial charge in [0.15, 0.2) is 5.78 Å². The molecule has 2 unspecified atom stereocenters. The van der Waals surface area contributed by atoms with Crippen molar-refractivity contribution in [1.82, 2.24) is 4.90 Å². The molecule has 0 radical (unpaired) electrons. The number of nitrogens with two attached hydrogens (primary N) is 1. The fourth-order valence-electron chi connectivity index (χ4n) is 2.67. The van der Waals surface area contributed by atoms with Gasteiger partial charge in [0, 0.05) is 5.56 Å². The Morgan fingerprint density at radius 2 is 1.95 bits per heavy atom. The predicted molar refractivity (Wildman–Crippen MR) is 73.9 cm³/mol. The Bertz CT molecular complexity index is 481. The van der Waals surface area contributed by atoms with Crippen LogP contribution in [0.4, 0.5) is 0 Å². The van der Waals surface area contributed by atoms with Crippen LogP contribution in [0.25, 0.3) is 0 Å². The molecule has 1 saturated heterocycles. The summed E-state index contributed by atoms with van der Waals surface area (Å²) in [6.45, 7) is 4.59. The second-order valence-corrected chi connectivity index (χ2v) is 5.20. The van der Waals surface area contributed by atoms with Gasteiger partial charge in [-0.15, -0.1) is 0 Å². The van der Waals surface area contributed by atoms with E-state index in [1.807, 2.05) is 43.0 Å². The summed E-state index contributed by atoms with van der Waals surface area (Å²) in [5.41, 5.74) is 7.21. The lowest BCUT2D eigenvalue weighted by Crippen LogP contribution is -2.47. The Hall–Kier alpha value is -1.68. The van der Waals surface area contributed by atoms with Crippen molar-refractivity contribution in [1.29, 1.82) is 0 Å². The molecule has 2 rings (SSSR count). The molecule has 0 saturated carbocycles. The number of amides is 1. The first-order valence-corrected chi connectivity index (χ1v) is 6.66. The largest absolute Gasteiger partial charge is 0.368 e. The lowest BCUT2D eigenvalue weighted by Gasteiger charge is -2.27. The zero-order valence-corrected chi connectivity index (χ0v) is 11.4. The number of hydrogen-bond donors (Lipinski definition) is 1. The van der Waals surface area contributed by atoms with E-state index >= 15 is 0 Å². The Morgan fingerprint density at radius 1 is 1.32 bits per heavy atom. The summed E-state index contributed by atoms with van der Waals surface area (Å²) in [6.07, 6.45) is 1.67. The highest BCUT2D eigenvalue weighted by Gasteiger charge is 2.35. The highest BCUT2D eigenvalue weighted by Crippen LogP contribution is 2.22. The quantitative estimate of drug-likeness (QED) is 0.835. The van der Waals surface area contributed by atoms with Crippen molar-refractivity contribution in [2.45, 2.75) is 38.8 Å². The van der Waals surface area contributed by atoms with Gasteiger partial charge in [0.05, 0.1) is 12.1 Å². The standard InChI is InChI=1S/C15H20N2O2/c1-10-5-7-12(8-6-10)14(18)11(2)17-9-3-4-13(17)15(16)19/h5-8,11,13H,3-4,9H2,1-2H3,(H2,16,19). The topological polar surface area (TPSA) is 63.4 Å². The Balaban J connectivity index is 2.14. The SMILES string of the molecule is Cc1ccc(C(=O)C(C)N2CCCC2C(N)=O)cc1. The van der Waals surface area contributed by atoms with Crippen molar-refractivity contribution < 1.29 is 9.59 Å². The van der Waals surface area contributed by atoms with Gasteiger partial charge in [0.2, 0.25) is 5.91 Å². The third-order valence-electron chi connectivity index (χ3n) is 3.84. The second kappa shape index (κ2) is 5.53. The van der Waals surface area contributed by atoms with Gasteiger partial charge in [-0.1, -0.05) is 29.8 Å². The summed E-state index contributed by atoms with van der Waals surface area (Å²) >= 11 is 0. The van der Waals surface area contributed by atoms with Crippen LogP contribution in [0.1, 0.15) is 35.7 Å². The van der Waals surface area contributed by atoms with Gasteiger partial charge in [-0.2, -0.15) is 0 Å². The number of nitrogens with zero attached hydrogens (tertiary/aromatic N) is 1. The number of ketones is 1. The summed E-state index contributed by atoms with van der Waals surface area (Å²) in [6, 6.07) is 6.92. The number of rotatable bonds is 4. The Labute approximate surface area is 113 Å². The molecule has 1 fully saturated rings. The van der Waals surface area contributed by atoms with Gasteiger partial charge in [0.1, 0.15) is 0 Å². The average Bonchev–Trinajstić information content (AvgIpc) is 2.87. The molecule has 2 atom stereocenters. The summed E-state index contributed by atoms with van der Waals surface area (Å²) in [5, 5.41) is 0. The third-order valence-corrected chi connectivity index (χ3v) is 3.84. The van der Waals surface area contributed by atoms with Crippen LogP contribution in [0.2, 0.25) is 0 Å². The molecule has 4 nitrogen and oxygen atoms in total. The van der Waals surface area contributed by atoms with E-state index in [0.717, 1.165) is 24.9 Å². The van der Waals surface area contributed by atoms with Crippen LogP contribution < -0.4 is 5.73 Å². The van der Waals surface area contributed by atoms with Crippen LogP contribution in [0.5, 0.6) is 0 Å². The molecular formula is C15H20N2O2. The van der Waals surface area contributed by atoms with Crippen molar-refractivity contribution in [3.8, 4) is 0 Å². The van der Waals surface area contributed by atoms with Crippen LogP contribution >= 0.6 is 0 Å². The van der Waals surface area contributed by atoms with Crippen molar-refractivity contribution >= 4 is 11.7 Å². The Morgan fingerprint density at radius 3 is 2.53 bits per heavy atom. The number of likely N-dealkylation sites (tertiary alicyclic amines) is 1. The van der Waals surface area contributed by atoms with E-state index in [1.54, 1.807) is 0 Å². The number of hydrogen-bond acceptors (Lipinski definition) is 3. The van der Waals surface area contributed by atoms with Crippen molar-refractivity contribution in [3.63, 3.8) is 0 Å². The van der Waals surface area contributed by atoms with Gasteiger partial charge in [0.25, 0.3) is 0 Å². The maximum atomic E-state index is 12.4. The summed E-state index contributed by atoms with van der Waals surface area (Å²) < 4.78 is 0. The highest BCUT2D eigenvalue weighted by atomic mass is 16.1. The lowest BCUT2D eigenvalue weighted by molar-refractivity contribution is -0.122. The second-order valence-electron chi connectivity index (χ2n) is 5.20. The molecule has 0 aliphatic carbocycles. The minimum atomic E-state index is -0.332. The van der Waals surface area contributed by atoms with Crippen molar-refractivity contribution in [3.05, 3.63) is 35.4 Å². The number of primary amides is 1. The number of Topliss-reactive ketones (excluding diaryl/α,β-unsaturated/α-hetero) is 1. The molecule has 0 aromatic heterocycles. The summed E-state index contributed by atoms with van der Waals surface area (Å²) in [5.74, 6) is -0.283. The van der Waals surface area contributed by atoms with Crippen LogP contribution in [-0.4, -0.2) is 35.2 Å². The molecule has 1 heterocycles. The zero-order valence-electron chi connectivity index (χ0n) is 11.4. The van der Waals surface area contributed by atoms with Crippen molar-refractivity contribution in [2.24, 2.45) is 5.73 Å². The monoisotopic (exact) mass is 260 g/mol. The maximum absolute atomic E-state index is 12.4. The Kier molecular flexibility index (Phi) is 4.00. The highest BCUT2D eigenvalue weighted by molar-refractivity contribution is 6.00. The van der Waals surface area contributed by atoms with Crippen LogP contribution in [0.3, 0.4) is 0 Å². The predicted octanol–water partition coefficient (Wildman–Crippen LogP) is 1.52. The van der Waals surface area contributed by atoms with Gasteiger partial charge in [-0.3, -0.25) is 14.5 Å². The number of carbonyl (C=O) groups excluding carboxylic acids is 2. The molecule has 102 valence electrons. The molecule has 2 N–H and O–H groups in total. The summed E-state index contributed by atoms with van der Waals surface area (Å²) in [4.78, 5) is 25.7. The van der Waals surface area contributed by atoms with E-state index in [1.165, 1.54) is 0 Å². The van der Waals surface area contributed by atoms with E-state index in [-0.39, 0.29) is 23.8 Å². The van der Waals surface area contributed by atoms with Crippen molar-refractivity contribution in [2.75, 3.05) is 6.54 Å². The zero-order chi connectivity index (χ0) is 14.0.